The number of esters is 2. The van der Waals surface area contributed by atoms with Gasteiger partial charge in [0.05, 0.1) is 0 Å². The Kier molecular flexibility index (Phi) is 3.65. The number of benzene rings is 1. The summed E-state index contributed by atoms with van der Waals surface area (Å²) in [6, 6.07) is 4.10. The van der Waals surface area contributed by atoms with Crippen molar-refractivity contribution in [1.29, 1.82) is 0 Å². The summed E-state index contributed by atoms with van der Waals surface area (Å²) < 4.78 is 9.69. The van der Waals surface area contributed by atoms with Crippen molar-refractivity contribution in [3.63, 3.8) is 0 Å². The van der Waals surface area contributed by atoms with E-state index in [4.69, 9.17) is 9.47 Å². The van der Waals surface area contributed by atoms with Gasteiger partial charge in [-0.15, -0.1) is 0 Å². The van der Waals surface area contributed by atoms with Gasteiger partial charge in [-0.1, -0.05) is 6.92 Å². The Morgan fingerprint density at radius 1 is 1.15 bits per heavy atom. The van der Waals surface area contributed by atoms with Crippen LogP contribution in [0, 0.1) is 0 Å². The van der Waals surface area contributed by atoms with Gasteiger partial charge in [0.15, 0.2) is 0 Å². The monoisotopic (exact) mass is 276 g/mol. The summed E-state index contributed by atoms with van der Waals surface area (Å²) in [4.78, 5) is 46.1. The fourth-order valence-corrected chi connectivity index (χ4v) is 1.89. The average Bonchev–Trinajstić information content (AvgIpc) is 2.63. The Bertz CT molecular complexity index is 616. The lowest BCUT2D eigenvalue weighted by molar-refractivity contribution is -0.144. The molecule has 0 radical (unpaired) electrons. The third-order valence-corrected chi connectivity index (χ3v) is 2.80. The summed E-state index contributed by atoms with van der Waals surface area (Å²) >= 11 is 0. The quantitative estimate of drug-likeness (QED) is 0.470. The molecule has 1 unspecified atom stereocenters. The lowest BCUT2D eigenvalue weighted by Crippen LogP contribution is -2.28. The third kappa shape index (κ3) is 2.45. The predicted octanol–water partition coefficient (Wildman–Crippen LogP) is 1.31. The molecule has 0 aliphatic heterocycles. The number of ether oxygens (including phenoxy) is 2. The van der Waals surface area contributed by atoms with Crippen molar-refractivity contribution in [2.75, 3.05) is 0 Å². The molecule has 104 valence electrons. The average molecular weight is 276 g/mol. The van der Waals surface area contributed by atoms with Crippen LogP contribution in [0.2, 0.25) is 0 Å². The van der Waals surface area contributed by atoms with E-state index in [0.29, 0.717) is 0 Å². The van der Waals surface area contributed by atoms with Gasteiger partial charge in [-0.05, 0) is 18.2 Å². The van der Waals surface area contributed by atoms with E-state index >= 15 is 0 Å². The summed E-state index contributed by atoms with van der Waals surface area (Å²) in [7, 11) is 0. The second-order valence-electron chi connectivity index (χ2n) is 4.25. The van der Waals surface area contributed by atoms with E-state index in [-0.39, 0.29) is 23.3 Å². The molecule has 0 fully saturated rings. The lowest BCUT2D eigenvalue weighted by atomic mass is 10.1. The Morgan fingerprint density at radius 3 is 2.40 bits per heavy atom. The van der Waals surface area contributed by atoms with Crippen LogP contribution >= 0.6 is 0 Å². The van der Waals surface area contributed by atoms with Gasteiger partial charge in [0.25, 0.3) is 0 Å². The van der Waals surface area contributed by atoms with Gasteiger partial charge in [-0.25, -0.2) is 0 Å². The summed E-state index contributed by atoms with van der Waals surface area (Å²) in [6.07, 6.45) is -1.35. The normalized spacial score (nSPS) is 16.8. The van der Waals surface area contributed by atoms with Crippen molar-refractivity contribution in [2.24, 2.45) is 0 Å². The van der Waals surface area contributed by atoms with Crippen molar-refractivity contribution in [2.45, 2.75) is 26.4 Å². The van der Waals surface area contributed by atoms with Crippen molar-refractivity contribution < 1.29 is 28.7 Å². The van der Waals surface area contributed by atoms with Crippen LogP contribution < -0.4 is 4.74 Å². The van der Waals surface area contributed by atoms with Crippen LogP contribution in [0.15, 0.2) is 18.2 Å². The van der Waals surface area contributed by atoms with Gasteiger partial charge in [-0.3, -0.25) is 19.2 Å². The van der Waals surface area contributed by atoms with Crippen LogP contribution in [0.5, 0.6) is 5.75 Å². The van der Waals surface area contributed by atoms with Gasteiger partial charge in [0.1, 0.15) is 5.75 Å². The largest absolute Gasteiger partial charge is 0.445 e. The van der Waals surface area contributed by atoms with Gasteiger partial charge >= 0.3 is 11.9 Å². The van der Waals surface area contributed by atoms with E-state index < -0.39 is 29.6 Å². The molecule has 6 heteroatoms. The highest BCUT2D eigenvalue weighted by molar-refractivity contribution is 6.29. The lowest BCUT2D eigenvalue weighted by Gasteiger charge is -2.07. The minimum Gasteiger partial charge on any atom is -0.445 e. The van der Waals surface area contributed by atoms with Crippen molar-refractivity contribution in [1.82, 2.24) is 0 Å². The second-order valence-corrected chi connectivity index (χ2v) is 4.25. The molecular weight excluding hydrogens is 264 g/mol. The number of rotatable bonds is 3. The van der Waals surface area contributed by atoms with Crippen LogP contribution in [0.1, 0.15) is 41.0 Å². The molecule has 1 aromatic carbocycles. The molecule has 20 heavy (non-hydrogen) atoms. The Morgan fingerprint density at radius 2 is 1.80 bits per heavy atom. The second kappa shape index (κ2) is 5.24. The molecule has 0 saturated heterocycles. The molecule has 1 aliphatic rings. The van der Waals surface area contributed by atoms with Crippen molar-refractivity contribution >= 4 is 23.5 Å². The zero-order valence-corrected chi connectivity index (χ0v) is 11.0. The molecule has 1 aliphatic carbocycles. The maximum Gasteiger partial charge on any atom is 0.308 e. The molecule has 6 nitrogen and oxygen atoms in total. The fraction of sp³-hybridized carbons (Fsp3) is 0.286. The van der Waals surface area contributed by atoms with E-state index in [9.17, 15) is 19.2 Å². The number of ketones is 2. The van der Waals surface area contributed by atoms with E-state index in [1.54, 1.807) is 6.92 Å². The van der Waals surface area contributed by atoms with E-state index in [1.165, 1.54) is 25.1 Å². The number of fused-ring (bicyclic) bond motifs is 1. The molecule has 0 saturated carbocycles. The van der Waals surface area contributed by atoms with Gasteiger partial charge < -0.3 is 9.47 Å². The number of carbonyl (C=O) groups is 4. The molecule has 0 N–H and O–H groups in total. The number of hydrogen-bond acceptors (Lipinski definition) is 6. The highest BCUT2D eigenvalue weighted by Crippen LogP contribution is 2.28. The smallest absolute Gasteiger partial charge is 0.308 e. The zero-order valence-electron chi connectivity index (χ0n) is 11.0. The van der Waals surface area contributed by atoms with Crippen LogP contribution in [0.3, 0.4) is 0 Å². The summed E-state index contributed by atoms with van der Waals surface area (Å²) in [5.41, 5.74) is 0.266. The predicted molar refractivity (Wildman–Crippen MR) is 66.6 cm³/mol. The van der Waals surface area contributed by atoms with Gasteiger partial charge in [0, 0.05) is 24.5 Å². The topological polar surface area (TPSA) is 86.7 Å². The van der Waals surface area contributed by atoms with Gasteiger partial charge in [-0.2, -0.15) is 0 Å². The van der Waals surface area contributed by atoms with Crippen LogP contribution in [-0.4, -0.2) is 29.6 Å². The highest BCUT2D eigenvalue weighted by Gasteiger charge is 2.41. The minimum atomic E-state index is -1.43. The molecule has 0 amide bonds. The molecular formula is C14H12O6. The van der Waals surface area contributed by atoms with Gasteiger partial charge in [0.2, 0.25) is 17.7 Å². The first-order chi connectivity index (χ1) is 9.43. The first-order valence-electron chi connectivity index (χ1n) is 6.04. The number of Topliss-reactive ketones (excluding diaryl/α,β-unsaturated/α-hetero) is 2. The van der Waals surface area contributed by atoms with Crippen molar-refractivity contribution in [3.05, 3.63) is 29.3 Å². The molecule has 1 aromatic rings. The number of carbonyl (C=O) groups excluding carboxylic acids is 4. The third-order valence-electron chi connectivity index (χ3n) is 2.80. The summed E-state index contributed by atoms with van der Waals surface area (Å²) in [6.45, 7) is 2.80. The Hall–Kier alpha value is -2.50. The maximum atomic E-state index is 12.1. The summed E-state index contributed by atoms with van der Waals surface area (Å²) in [5, 5.41) is 0. The summed E-state index contributed by atoms with van der Waals surface area (Å²) in [5.74, 6) is -2.14. The Labute approximate surface area is 114 Å². The van der Waals surface area contributed by atoms with E-state index in [1.807, 2.05) is 0 Å². The zero-order chi connectivity index (χ0) is 14.9. The SMILES string of the molecule is CCC(=O)OC1C(=O)c2ccc(OC(C)=O)cc2C1=O. The maximum absolute atomic E-state index is 12.1. The standard InChI is InChI=1S/C14H12O6/c1-3-11(16)20-14-12(17)9-5-4-8(19-7(2)15)6-10(9)13(14)18/h4-6,14H,3H2,1-2H3. The molecule has 2 rings (SSSR count). The minimum absolute atomic E-state index is 0.0755. The molecule has 0 spiro atoms. The van der Waals surface area contributed by atoms with Crippen LogP contribution in [0.4, 0.5) is 0 Å². The van der Waals surface area contributed by atoms with Crippen LogP contribution in [0.25, 0.3) is 0 Å². The highest BCUT2D eigenvalue weighted by atomic mass is 16.6. The molecule has 0 bridgehead atoms. The fourth-order valence-electron chi connectivity index (χ4n) is 1.89. The first-order valence-corrected chi connectivity index (χ1v) is 6.04. The van der Waals surface area contributed by atoms with E-state index in [2.05, 4.69) is 0 Å². The molecule has 0 aromatic heterocycles. The van der Waals surface area contributed by atoms with Crippen LogP contribution in [-0.2, 0) is 14.3 Å². The molecule has 0 heterocycles. The Balaban J connectivity index is 2.31. The number of hydrogen-bond donors (Lipinski definition) is 0. The van der Waals surface area contributed by atoms with E-state index in [0.717, 1.165) is 0 Å². The van der Waals surface area contributed by atoms with Crippen molar-refractivity contribution in [3.8, 4) is 5.75 Å². The molecule has 1 atom stereocenters. The first kappa shape index (κ1) is 13.9.